The van der Waals surface area contributed by atoms with Gasteiger partial charge in [-0.15, -0.1) is 0 Å². The normalized spacial score (nSPS) is 15.4. The number of hydrogen-bond donors (Lipinski definition) is 1. The first-order valence-electron chi connectivity index (χ1n) is 10.3. The van der Waals surface area contributed by atoms with Crippen LogP contribution in [0, 0.1) is 0 Å². The molecule has 8 heteroatoms. The Kier molecular flexibility index (Phi) is 8.29. The van der Waals surface area contributed by atoms with Gasteiger partial charge in [0.2, 0.25) is 5.91 Å². The molecule has 2 aromatic rings. The zero-order valence-electron chi connectivity index (χ0n) is 17.4. The SMILES string of the molecule is CC(NC(=O)CCN(CCN1CCOCC1)C(=O)c1cnccn1)c1ccccc1. The Morgan fingerprint density at radius 2 is 1.93 bits per heavy atom. The van der Waals surface area contributed by atoms with Crippen molar-refractivity contribution in [1.82, 2.24) is 25.1 Å². The molecule has 1 aromatic heterocycles. The largest absolute Gasteiger partial charge is 0.379 e. The van der Waals surface area contributed by atoms with Crippen molar-refractivity contribution in [2.75, 3.05) is 45.9 Å². The summed E-state index contributed by atoms with van der Waals surface area (Å²) in [6, 6.07) is 9.73. The molecule has 2 heterocycles. The summed E-state index contributed by atoms with van der Waals surface area (Å²) in [4.78, 5) is 37.5. The predicted molar refractivity (Wildman–Crippen MR) is 113 cm³/mol. The molecule has 0 radical (unpaired) electrons. The number of carbonyl (C=O) groups excluding carboxylic acids is 2. The van der Waals surface area contributed by atoms with Crippen LogP contribution in [0.4, 0.5) is 0 Å². The summed E-state index contributed by atoms with van der Waals surface area (Å²) in [7, 11) is 0. The molecule has 2 amide bonds. The van der Waals surface area contributed by atoms with Crippen molar-refractivity contribution in [3.63, 3.8) is 0 Å². The Balaban J connectivity index is 1.56. The van der Waals surface area contributed by atoms with Crippen molar-refractivity contribution < 1.29 is 14.3 Å². The van der Waals surface area contributed by atoms with E-state index in [0.717, 1.165) is 25.2 Å². The van der Waals surface area contributed by atoms with E-state index in [2.05, 4.69) is 20.2 Å². The number of hydrogen-bond acceptors (Lipinski definition) is 6. The molecule has 1 unspecified atom stereocenters. The number of carbonyl (C=O) groups is 2. The summed E-state index contributed by atoms with van der Waals surface area (Å²) in [5, 5.41) is 3.00. The monoisotopic (exact) mass is 411 g/mol. The number of ether oxygens (including phenoxy) is 1. The van der Waals surface area contributed by atoms with Crippen LogP contribution in [0.1, 0.15) is 35.4 Å². The fraction of sp³-hybridized carbons (Fsp3) is 0.455. The first kappa shape index (κ1) is 21.9. The van der Waals surface area contributed by atoms with Gasteiger partial charge in [-0.2, -0.15) is 0 Å². The predicted octanol–water partition coefficient (Wildman–Crippen LogP) is 1.52. The molecule has 0 spiro atoms. The molecule has 0 bridgehead atoms. The van der Waals surface area contributed by atoms with Gasteiger partial charge in [0.15, 0.2) is 0 Å². The summed E-state index contributed by atoms with van der Waals surface area (Å²) in [5.74, 6) is -0.296. The number of amides is 2. The summed E-state index contributed by atoms with van der Waals surface area (Å²) in [6.07, 6.45) is 4.73. The first-order chi connectivity index (χ1) is 14.6. The molecular formula is C22H29N5O3. The quantitative estimate of drug-likeness (QED) is 0.673. The minimum absolute atomic E-state index is 0.0869. The van der Waals surface area contributed by atoms with Crippen LogP contribution in [0.3, 0.4) is 0 Å². The van der Waals surface area contributed by atoms with Gasteiger partial charge in [-0.3, -0.25) is 19.5 Å². The summed E-state index contributed by atoms with van der Waals surface area (Å²) < 4.78 is 5.38. The lowest BCUT2D eigenvalue weighted by Gasteiger charge is -2.30. The number of benzene rings is 1. The Morgan fingerprint density at radius 3 is 2.63 bits per heavy atom. The number of nitrogens with zero attached hydrogens (tertiary/aromatic N) is 4. The Morgan fingerprint density at radius 1 is 1.17 bits per heavy atom. The highest BCUT2D eigenvalue weighted by atomic mass is 16.5. The zero-order chi connectivity index (χ0) is 21.2. The molecule has 1 fully saturated rings. The molecule has 30 heavy (non-hydrogen) atoms. The van der Waals surface area contributed by atoms with Crippen LogP contribution in [0.2, 0.25) is 0 Å². The van der Waals surface area contributed by atoms with Crippen LogP contribution in [0.5, 0.6) is 0 Å². The van der Waals surface area contributed by atoms with Crippen LogP contribution in [0.15, 0.2) is 48.9 Å². The number of aromatic nitrogens is 2. The Labute approximate surface area is 177 Å². The first-order valence-corrected chi connectivity index (χ1v) is 10.3. The highest BCUT2D eigenvalue weighted by Gasteiger charge is 2.20. The lowest BCUT2D eigenvalue weighted by Crippen LogP contribution is -2.44. The molecule has 0 saturated carbocycles. The van der Waals surface area contributed by atoms with Gasteiger partial charge in [-0.05, 0) is 12.5 Å². The maximum Gasteiger partial charge on any atom is 0.274 e. The van der Waals surface area contributed by atoms with Gasteiger partial charge < -0.3 is 15.0 Å². The zero-order valence-corrected chi connectivity index (χ0v) is 17.4. The summed E-state index contributed by atoms with van der Waals surface area (Å²) in [5.41, 5.74) is 1.34. The lowest BCUT2D eigenvalue weighted by molar-refractivity contribution is -0.121. The molecule has 160 valence electrons. The molecule has 1 saturated heterocycles. The number of nitrogens with one attached hydrogen (secondary N) is 1. The van der Waals surface area contributed by atoms with Crippen molar-refractivity contribution in [2.24, 2.45) is 0 Å². The van der Waals surface area contributed by atoms with Gasteiger partial charge in [0.05, 0.1) is 25.5 Å². The van der Waals surface area contributed by atoms with E-state index in [-0.39, 0.29) is 30.0 Å². The van der Waals surface area contributed by atoms with Crippen molar-refractivity contribution in [3.8, 4) is 0 Å². The highest BCUT2D eigenvalue weighted by Crippen LogP contribution is 2.11. The van der Waals surface area contributed by atoms with Crippen molar-refractivity contribution in [3.05, 3.63) is 60.2 Å². The Hall–Kier alpha value is -2.84. The maximum atomic E-state index is 12.9. The molecular weight excluding hydrogens is 382 g/mol. The third-order valence-corrected chi connectivity index (χ3v) is 5.15. The molecule has 8 nitrogen and oxygen atoms in total. The average molecular weight is 412 g/mol. The van der Waals surface area contributed by atoms with Crippen molar-refractivity contribution >= 4 is 11.8 Å². The molecule has 1 aromatic carbocycles. The van der Waals surface area contributed by atoms with E-state index in [0.29, 0.717) is 26.3 Å². The second kappa shape index (κ2) is 11.4. The lowest BCUT2D eigenvalue weighted by atomic mass is 10.1. The number of morpholine rings is 1. The minimum Gasteiger partial charge on any atom is -0.379 e. The minimum atomic E-state index is -0.208. The second-order valence-corrected chi connectivity index (χ2v) is 7.29. The average Bonchev–Trinajstić information content (AvgIpc) is 2.80. The molecule has 1 atom stereocenters. The van der Waals surface area contributed by atoms with Crippen molar-refractivity contribution in [1.29, 1.82) is 0 Å². The van der Waals surface area contributed by atoms with Crippen molar-refractivity contribution in [2.45, 2.75) is 19.4 Å². The van der Waals surface area contributed by atoms with E-state index < -0.39 is 0 Å². The van der Waals surface area contributed by atoms with Gasteiger partial charge in [-0.1, -0.05) is 30.3 Å². The van der Waals surface area contributed by atoms with E-state index in [9.17, 15) is 9.59 Å². The smallest absolute Gasteiger partial charge is 0.274 e. The third kappa shape index (κ3) is 6.60. The third-order valence-electron chi connectivity index (χ3n) is 5.15. The van der Waals surface area contributed by atoms with E-state index in [1.165, 1.54) is 18.6 Å². The van der Waals surface area contributed by atoms with Crippen LogP contribution in [-0.2, 0) is 9.53 Å². The molecule has 1 aliphatic heterocycles. The van der Waals surface area contributed by atoms with E-state index in [1.54, 1.807) is 4.90 Å². The molecule has 0 aliphatic carbocycles. The van der Waals surface area contributed by atoms with Gasteiger partial charge in [0.1, 0.15) is 5.69 Å². The van der Waals surface area contributed by atoms with Gasteiger partial charge >= 0.3 is 0 Å². The van der Waals surface area contributed by atoms with Gasteiger partial charge in [0.25, 0.3) is 5.91 Å². The summed E-state index contributed by atoms with van der Waals surface area (Å²) >= 11 is 0. The summed E-state index contributed by atoms with van der Waals surface area (Å²) in [6.45, 7) is 6.65. The van der Waals surface area contributed by atoms with E-state index in [1.807, 2.05) is 37.3 Å². The molecule has 1 aliphatic rings. The fourth-order valence-corrected chi connectivity index (χ4v) is 3.35. The van der Waals surface area contributed by atoms with Gasteiger partial charge in [0, 0.05) is 51.5 Å². The standard InChI is InChI=1S/C22H29N5O3/c1-18(19-5-3-2-4-6-19)25-21(28)7-10-27(12-11-26-13-15-30-16-14-26)22(29)20-17-23-8-9-24-20/h2-6,8-9,17-18H,7,10-16H2,1H3,(H,25,28). The topological polar surface area (TPSA) is 87.7 Å². The van der Waals surface area contributed by atoms with E-state index in [4.69, 9.17) is 4.74 Å². The second-order valence-electron chi connectivity index (χ2n) is 7.29. The highest BCUT2D eigenvalue weighted by molar-refractivity contribution is 5.92. The molecule has 3 rings (SSSR count). The van der Waals surface area contributed by atoms with E-state index >= 15 is 0 Å². The maximum absolute atomic E-state index is 12.9. The van der Waals surface area contributed by atoms with Crippen LogP contribution in [0.25, 0.3) is 0 Å². The van der Waals surface area contributed by atoms with Crippen LogP contribution < -0.4 is 5.32 Å². The van der Waals surface area contributed by atoms with Crippen LogP contribution >= 0.6 is 0 Å². The Bertz CT molecular complexity index is 797. The molecule has 1 N–H and O–H groups in total. The van der Waals surface area contributed by atoms with Gasteiger partial charge in [-0.25, -0.2) is 4.98 Å². The van der Waals surface area contributed by atoms with Crippen LogP contribution in [-0.4, -0.2) is 77.5 Å². The fourth-order valence-electron chi connectivity index (χ4n) is 3.35. The number of rotatable bonds is 9.